The first kappa shape index (κ1) is 53.4. The molecule has 0 saturated heterocycles. The SMILES string of the molecule is CCCC[C@H](NC(=O)[C@H](Cc1ccc(CS(=O)(=O)O)cc1)NC(=O)C[C@@H](N)C(=O)O)C(=O)CN[C@@H](CCCC)C(=O)N(C)[C@H](CC(=O)O)C(=O)N(C)[C@@H](Cc1ccccc1)C(N)=O. The molecule has 0 bridgehead atoms. The third-order valence-corrected chi connectivity index (χ3v) is 11.0. The Morgan fingerprint density at radius 2 is 1.24 bits per heavy atom. The second-order valence-electron chi connectivity index (χ2n) is 15.4. The molecular weight excluding hydrogens is 843 g/mol. The number of benzene rings is 2. The van der Waals surface area contributed by atoms with Crippen molar-refractivity contribution in [3.63, 3.8) is 0 Å². The van der Waals surface area contributed by atoms with Crippen molar-refractivity contribution in [3.05, 3.63) is 71.3 Å². The van der Waals surface area contributed by atoms with Crippen molar-refractivity contribution in [2.45, 2.75) is 120 Å². The average molecular weight is 904 g/mol. The van der Waals surface area contributed by atoms with E-state index >= 15 is 0 Å². The molecule has 0 fully saturated rings. The van der Waals surface area contributed by atoms with Crippen LogP contribution < -0.4 is 27.4 Å². The fourth-order valence-electron chi connectivity index (χ4n) is 6.64. The van der Waals surface area contributed by atoms with Crippen molar-refractivity contribution in [3.8, 4) is 0 Å². The van der Waals surface area contributed by atoms with Crippen LogP contribution in [0.5, 0.6) is 0 Å². The maximum Gasteiger partial charge on any atom is 0.321 e. The number of carboxylic acids is 2. The molecular formula is C42H61N7O13S. The summed E-state index contributed by atoms with van der Waals surface area (Å²) in [6.07, 6.45) is 0.910. The molecule has 10 N–H and O–H groups in total. The van der Waals surface area contributed by atoms with Gasteiger partial charge in [-0.25, -0.2) is 0 Å². The largest absolute Gasteiger partial charge is 0.481 e. The Balaban J connectivity index is 2.35. The maximum atomic E-state index is 14.1. The standard InChI is InChI=1S/C42H61N7O13S/c1-5-7-14-30(47-39(55)32(46-36(51)22-29(43)42(58)59)20-27-16-18-28(19-17-27)25-63(60,61)62)35(50)24-45-31(15-8-6-2)40(56)49(4)34(23-37(52)53)41(57)48(3)33(38(44)54)21-26-12-10-9-11-13-26/h9-13,16-19,29-34,45H,5-8,14-15,20-25,43H2,1-4H3,(H2,44,54)(H,46,51)(H,47,55)(H,52,53)(H,58,59)(H,60,61,62)/t29-,30+,31+,32+,33+,34-/m1/s1. The van der Waals surface area contributed by atoms with Crippen LogP contribution in [0.2, 0.25) is 0 Å². The summed E-state index contributed by atoms with van der Waals surface area (Å²) in [5.41, 5.74) is 12.6. The monoisotopic (exact) mass is 903 g/mol. The summed E-state index contributed by atoms with van der Waals surface area (Å²) in [5.74, 6) is -8.15. The summed E-state index contributed by atoms with van der Waals surface area (Å²) in [6, 6.07) is 6.54. The molecule has 5 amide bonds. The second kappa shape index (κ2) is 26.0. The third-order valence-electron chi connectivity index (χ3n) is 10.3. The number of Topliss-reactive ketones (excluding diaryl/α,β-unsaturated/α-hetero) is 1. The van der Waals surface area contributed by atoms with Crippen LogP contribution in [0.3, 0.4) is 0 Å². The van der Waals surface area contributed by atoms with Crippen LogP contribution in [-0.2, 0) is 67.1 Å². The number of ketones is 1. The first-order valence-corrected chi connectivity index (χ1v) is 22.1. The molecule has 2 rings (SSSR count). The fourth-order valence-corrected chi connectivity index (χ4v) is 7.25. The molecule has 2 aromatic rings. The lowest BCUT2D eigenvalue weighted by Gasteiger charge is -2.35. The number of nitrogens with two attached hydrogens (primary N) is 2. The molecule has 0 aliphatic heterocycles. The molecule has 0 aliphatic carbocycles. The molecule has 0 heterocycles. The smallest absolute Gasteiger partial charge is 0.321 e. The number of hydrogen-bond donors (Lipinski definition) is 8. The lowest BCUT2D eigenvalue weighted by molar-refractivity contribution is -0.152. The van der Waals surface area contributed by atoms with E-state index in [9.17, 15) is 61.5 Å². The van der Waals surface area contributed by atoms with E-state index in [0.717, 1.165) is 9.80 Å². The number of nitrogens with one attached hydrogen (secondary N) is 3. The lowest BCUT2D eigenvalue weighted by atomic mass is 10.0. The van der Waals surface area contributed by atoms with Gasteiger partial charge in [0.25, 0.3) is 10.1 Å². The van der Waals surface area contributed by atoms with Crippen molar-refractivity contribution in [2.75, 3.05) is 20.6 Å². The number of hydrogen-bond acceptors (Lipinski definition) is 12. The van der Waals surface area contributed by atoms with Gasteiger partial charge in [0.2, 0.25) is 29.5 Å². The van der Waals surface area contributed by atoms with Crippen LogP contribution in [-0.4, -0.2) is 137 Å². The highest BCUT2D eigenvalue weighted by atomic mass is 32.2. The maximum absolute atomic E-state index is 14.1. The Kier molecular flexibility index (Phi) is 22.0. The Morgan fingerprint density at radius 1 is 0.698 bits per heavy atom. The molecule has 0 aromatic heterocycles. The van der Waals surface area contributed by atoms with Crippen molar-refractivity contribution in [1.82, 2.24) is 25.8 Å². The molecule has 0 unspecified atom stereocenters. The Labute approximate surface area is 367 Å². The van der Waals surface area contributed by atoms with Gasteiger partial charge in [-0.2, -0.15) is 8.42 Å². The zero-order valence-corrected chi connectivity index (χ0v) is 36.8. The highest BCUT2D eigenvalue weighted by molar-refractivity contribution is 7.85. The number of carboxylic acid groups (broad SMARTS) is 2. The Morgan fingerprint density at radius 3 is 1.76 bits per heavy atom. The van der Waals surface area contributed by atoms with Crippen LogP contribution in [0.25, 0.3) is 0 Å². The number of carbonyl (C=O) groups excluding carboxylic acids is 6. The van der Waals surface area contributed by atoms with E-state index in [-0.39, 0.29) is 31.2 Å². The van der Waals surface area contributed by atoms with Crippen molar-refractivity contribution in [1.29, 1.82) is 0 Å². The second-order valence-corrected chi connectivity index (χ2v) is 16.8. The first-order valence-electron chi connectivity index (χ1n) is 20.5. The summed E-state index contributed by atoms with van der Waals surface area (Å²) in [4.78, 5) is 106. The zero-order valence-electron chi connectivity index (χ0n) is 36.0. The minimum atomic E-state index is -4.33. The van der Waals surface area contributed by atoms with Crippen LogP contribution >= 0.6 is 0 Å². The lowest BCUT2D eigenvalue weighted by Crippen LogP contribution is -2.58. The molecule has 0 aliphatic rings. The number of likely N-dealkylation sites (N-methyl/N-ethyl adjacent to an activating group) is 2. The van der Waals surface area contributed by atoms with Crippen LogP contribution in [0, 0.1) is 0 Å². The van der Waals surface area contributed by atoms with Gasteiger partial charge in [0.15, 0.2) is 5.78 Å². The summed E-state index contributed by atoms with van der Waals surface area (Å²) in [6.45, 7) is 3.27. The summed E-state index contributed by atoms with van der Waals surface area (Å²) < 4.78 is 31.9. The number of carbonyl (C=O) groups is 8. The Hall–Kier alpha value is -5.77. The van der Waals surface area contributed by atoms with Gasteiger partial charge in [-0.15, -0.1) is 0 Å². The molecule has 0 spiro atoms. The Bertz CT molecular complexity index is 2000. The van der Waals surface area contributed by atoms with E-state index in [1.165, 1.54) is 38.4 Å². The molecule has 21 heteroatoms. The van der Waals surface area contributed by atoms with Crippen LogP contribution in [0.1, 0.15) is 81.9 Å². The highest BCUT2D eigenvalue weighted by Gasteiger charge is 2.38. The van der Waals surface area contributed by atoms with Gasteiger partial charge < -0.3 is 42.1 Å². The van der Waals surface area contributed by atoms with Gasteiger partial charge in [-0.1, -0.05) is 94.1 Å². The summed E-state index contributed by atoms with van der Waals surface area (Å²) >= 11 is 0. The predicted octanol–water partition coefficient (Wildman–Crippen LogP) is 0.153. The summed E-state index contributed by atoms with van der Waals surface area (Å²) in [7, 11) is -1.78. The van der Waals surface area contributed by atoms with E-state index in [2.05, 4.69) is 16.0 Å². The molecule has 0 saturated carbocycles. The van der Waals surface area contributed by atoms with Crippen molar-refractivity contribution in [2.24, 2.45) is 11.5 Å². The van der Waals surface area contributed by atoms with Gasteiger partial charge in [0, 0.05) is 26.9 Å². The number of nitrogens with zero attached hydrogens (tertiary/aromatic N) is 2. The van der Waals surface area contributed by atoms with E-state index in [4.69, 9.17) is 11.5 Å². The molecule has 2 aromatic carbocycles. The first-order chi connectivity index (χ1) is 29.6. The van der Waals surface area contributed by atoms with E-state index < -0.39 is 119 Å². The number of rotatable bonds is 29. The van der Waals surface area contributed by atoms with Gasteiger partial charge in [-0.3, -0.25) is 48.2 Å². The molecule has 6 atom stereocenters. The van der Waals surface area contributed by atoms with Crippen molar-refractivity contribution < 1.29 is 61.5 Å². The number of amides is 5. The average Bonchev–Trinajstić information content (AvgIpc) is 3.22. The van der Waals surface area contributed by atoms with Gasteiger partial charge in [0.1, 0.15) is 29.9 Å². The van der Waals surface area contributed by atoms with Crippen LogP contribution in [0.15, 0.2) is 54.6 Å². The quantitative estimate of drug-likeness (QED) is 0.0504. The fraction of sp³-hybridized carbons (Fsp3) is 0.524. The number of primary amides is 1. The van der Waals surface area contributed by atoms with Crippen LogP contribution in [0.4, 0.5) is 0 Å². The van der Waals surface area contributed by atoms with Gasteiger partial charge >= 0.3 is 11.9 Å². The molecule has 0 radical (unpaired) electrons. The number of aliphatic carboxylic acids is 2. The van der Waals surface area contributed by atoms with Gasteiger partial charge in [-0.05, 0) is 29.5 Å². The molecule has 348 valence electrons. The zero-order chi connectivity index (χ0) is 47.4. The topological polar surface area (TPSA) is 326 Å². The third kappa shape index (κ3) is 18.6. The predicted molar refractivity (Wildman–Crippen MR) is 230 cm³/mol. The minimum Gasteiger partial charge on any atom is -0.481 e. The normalized spacial score (nSPS) is 14.2. The van der Waals surface area contributed by atoms with Crippen molar-refractivity contribution >= 4 is 57.4 Å². The highest BCUT2D eigenvalue weighted by Crippen LogP contribution is 2.17. The summed E-state index contributed by atoms with van der Waals surface area (Å²) in [5, 5.41) is 27.1. The minimum absolute atomic E-state index is 0.0349. The van der Waals surface area contributed by atoms with Gasteiger partial charge in [0.05, 0.1) is 31.5 Å². The molecule has 20 nitrogen and oxygen atoms in total. The van der Waals surface area contributed by atoms with E-state index in [1.807, 2.05) is 13.8 Å². The molecule has 63 heavy (non-hydrogen) atoms. The van der Waals surface area contributed by atoms with E-state index in [0.29, 0.717) is 36.8 Å². The number of unbranched alkanes of at least 4 members (excludes halogenated alkanes) is 2. The van der Waals surface area contributed by atoms with E-state index in [1.54, 1.807) is 30.3 Å².